The summed E-state index contributed by atoms with van der Waals surface area (Å²) in [4.78, 5) is 18.2. The Labute approximate surface area is 166 Å². The van der Waals surface area contributed by atoms with Crippen LogP contribution in [0.4, 0.5) is 13.2 Å². The molecule has 0 amide bonds. The maximum absolute atomic E-state index is 12.6. The summed E-state index contributed by atoms with van der Waals surface area (Å²) in [6.07, 6.45) is -2.16. The second-order valence-corrected chi connectivity index (χ2v) is 7.86. The fourth-order valence-electron chi connectivity index (χ4n) is 2.95. The molecular weight excluding hydrogens is 391 g/mol. The number of aliphatic hydroxyl groups is 1. The van der Waals surface area contributed by atoms with E-state index in [4.69, 9.17) is 4.84 Å². The van der Waals surface area contributed by atoms with Crippen molar-refractivity contribution in [2.75, 3.05) is 12.4 Å². The zero-order valence-corrected chi connectivity index (χ0v) is 16.7. The lowest BCUT2D eigenvalue weighted by Crippen LogP contribution is -2.24. The molecule has 8 heteroatoms. The van der Waals surface area contributed by atoms with Crippen molar-refractivity contribution in [1.29, 1.82) is 0 Å². The molecule has 1 N–H and O–H groups in total. The van der Waals surface area contributed by atoms with Gasteiger partial charge in [-0.2, -0.15) is 13.2 Å². The molecule has 0 heterocycles. The van der Waals surface area contributed by atoms with Gasteiger partial charge in [0, 0.05) is 17.7 Å². The quantitative estimate of drug-likeness (QED) is 0.253. The third-order valence-electron chi connectivity index (χ3n) is 4.36. The predicted octanol–water partition coefficient (Wildman–Crippen LogP) is 5.78. The first-order chi connectivity index (χ1) is 13.2. The number of halogens is 3. The molecule has 154 valence electrons. The predicted molar refractivity (Wildman–Crippen MR) is 104 cm³/mol. The summed E-state index contributed by atoms with van der Waals surface area (Å²) in [5, 5.41) is 14.2. The van der Waals surface area contributed by atoms with E-state index in [1.54, 1.807) is 6.92 Å². The molecule has 28 heavy (non-hydrogen) atoms. The Morgan fingerprint density at radius 3 is 2.54 bits per heavy atom. The number of alkyl halides is 3. The molecule has 0 aliphatic heterocycles. The standard InChI is InChI=1S/C20H24F3NO3S/c1-3-9-27-24-13(2)19-17(25)11-14(12-18(19)26)8-10-28-16-6-4-15(5-7-16)20(21,22)23/h4-7,14,25H,3,8-12H2,1-2H3. The zero-order chi connectivity index (χ0) is 20.7. The molecule has 0 aromatic heterocycles. The average molecular weight is 415 g/mol. The van der Waals surface area contributed by atoms with Crippen LogP contribution in [0.3, 0.4) is 0 Å². The first kappa shape index (κ1) is 22.3. The zero-order valence-electron chi connectivity index (χ0n) is 15.9. The van der Waals surface area contributed by atoms with Gasteiger partial charge in [-0.3, -0.25) is 4.79 Å². The highest BCUT2D eigenvalue weighted by atomic mass is 32.2. The molecule has 0 bridgehead atoms. The Morgan fingerprint density at radius 2 is 1.96 bits per heavy atom. The molecule has 0 radical (unpaired) electrons. The van der Waals surface area contributed by atoms with Gasteiger partial charge in [-0.1, -0.05) is 12.1 Å². The van der Waals surface area contributed by atoms with Gasteiger partial charge in [0.25, 0.3) is 0 Å². The summed E-state index contributed by atoms with van der Waals surface area (Å²) in [6.45, 7) is 4.03. The number of ketones is 1. The fraction of sp³-hybridized carbons (Fsp3) is 0.500. The van der Waals surface area contributed by atoms with Gasteiger partial charge in [0.05, 0.1) is 16.8 Å². The third kappa shape index (κ3) is 6.29. The molecule has 0 fully saturated rings. The van der Waals surface area contributed by atoms with Crippen molar-refractivity contribution in [3.63, 3.8) is 0 Å². The maximum atomic E-state index is 12.6. The van der Waals surface area contributed by atoms with Crippen LogP contribution in [0.1, 0.15) is 45.1 Å². The van der Waals surface area contributed by atoms with Crippen molar-refractivity contribution in [2.45, 2.75) is 50.6 Å². The van der Waals surface area contributed by atoms with Crippen molar-refractivity contribution in [3.8, 4) is 0 Å². The number of nitrogens with zero attached hydrogens (tertiary/aromatic N) is 1. The van der Waals surface area contributed by atoms with Crippen LogP contribution < -0.4 is 0 Å². The number of hydrogen-bond acceptors (Lipinski definition) is 5. The van der Waals surface area contributed by atoms with E-state index in [1.807, 2.05) is 6.92 Å². The number of rotatable bonds is 8. The molecule has 1 aliphatic carbocycles. The van der Waals surface area contributed by atoms with Crippen molar-refractivity contribution < 1.29 is 27.9 Å². The van der Waals surface area contributed by atoms with E-state index >= 15 is 0 Å². The first-order valence-electron chi connectivity index (χ1n) is 9.14. The number of Topliss-reactive ketones (excluding diaryl/α,β-unsaturated/α-hetero) is 1. The van der Waals surface area contributed by atoms with E-state index in [2.05, 4.69) is 5.16 Å². The summed E-state index contributed by atoms with van der Waals surface area (Å²) in [5.41, 5.74) is -0.0476. The third-order valence-corrected chi connectivity index (χ3v) is 5.40. The highest BCUT2D eigenvalue weighted by molar-refractivity contribution is 7.99. The van der Waals surface area contributed by atoms with Crippen LogP contribution in [0.15, 0.2) is 45.6 Å². The Kier molecular flexibility index (Phi) is 7.98. The Morgan fingerprint density at radius 1 is 1.29 bits per heavy atom. The molecule has 1 aromatic rings. The topological polar surface area (TPSA) is 58.9 Å². The molecule has 0 saturated carbocycles. The Hall–Kier alpha value is -1.96. The molecular formula is C20H24F3NO3S. The van der Waals surface area contributed by atoms with Gasteiger partial charge in [0.2, 0.25) is 0 Å². The fourth-order valence-corrected chi connectivity index (χ4v) is 3.97. The van der Waals surface area contributed by atoms with Crippen LogP contribution in [0.2, 0.25) is 0 Å². The molecule has 1 atom stereocenters. The van der Waals surface area contributed by atoms with Crippen molar-refractivity contribution in [2.24, 2.45) is 11.1 Å². The molecule has 1 aromatic carbocycles. The van der Waals surface area contributed by atoms with E-state index in [1.165, 1.54) is 23.9 Å². The number of aliphatic hydroxyl groups excluding tert-OH is 1. The van der Waals surface area contributed by atoms with Crippen molar-refractivity contribution in [1.82, 2.24) is 0 Å². The number of allylic oxidation sites excluding steroid dienone is 2. The van der Waals surface area contributed by atoms with E-state index < -0.39 is 11.7 Å². The molecule has 2 rings (SSSR count). The van der Waals surface area contributed by atoms with Crippen molar-refractivity contribution >= 4 is 23.3 Å². The second-order valence-electron chi connectivity index (χ2n) is 6.69. The summed E-state index contributed by atoms with van der Waals surface area (Å²) < 4.78 is 37.7. The normalized spacial score (nSPS) is 18.5. The van der Waals surface area contributed by atoms with Crippen LogP contribution in [-0.4, -0.2) is 29.0 Å². The highest BCUT2D eigenvalue weighted by Crippen LogP contribution is 2.33. The lowest BCUT2D eigenvalue weighted by molar-refractivity contribution is -0.137. The SMILES string of the molecule is CCCON=C(C)C1=C(O)CC(CCSc2ccc(C(F)(F)F)cc2)CC1=O. The second kappa shape index (κ2) is 10.0. The van der Waals surface area contributed by atoms with Crippen LogP contribution in [0.5, 0.6) is 0 Å². The molecule has 1 aliphatic rings. The molecule has 0 saturated heterocycles. The number of benzene rings is 1. The number of hydrogen-bond donors (Lipinski definition) is 1. The van der Waals surface area contributed by atoms with Gasteiger partial charge in [0.1, 0.15) is 12.4 Å². The minimum Gasteiger partial charge on any atom is -0.511 e. The monoisotopic (exact) mass is 415 g/mol. The van der Waals surface area contributed by atoms with Gasteiger partial charge in [0.15, 0.2) is 5.78 Å². The minimum atomic E-state index is -4.34. The smallest absolute Gasteiger partial charge is 0.416 e. The van der Waals surface area contributed by atoms with Crippen LogP contribution in [0, 0.1) is 5.92 Å². The Balaban J connectivity index is 1.88. The average Bonchev–Trinajstić information content (AvgIpc) is 2.61. The highest BCUT2D eigenvalue weighted by Gasteiger charge is 2.30. The number of carbonyl (C=O) groups is 1. The van der Waals surface area contributed by atoms with Crippen LogP contribution in [-0.2, 0) is 15.8 Å². The molecule has 4 nitrogen and oxygen atoms in total. The first-order valence-corrected chi connectivity index (χ1v) is 10.1. The summed E-state index contributed by atoms with van der Waals surface area (Å²) in [7, 11) is 0. The number of thioether (sulfide) groups is 1. The van der Waals surface area contributed by atoms with Gasteiger partial charge in [-0.25, -0.2) is 0 Å². The summed E-state index contributed by atoms with van der Waals surface area (Å²) in [5.74, 6) is 0.526. The van der Waals surface area contributed by atoms with E-state index in [-0.39, 0.29) is 23.0 Å². The largest absolute Gasteiger partial charge is 0.511 e. The van der Waals surface area contributed by atoms with Crippen molar-refractivity contribution in [3.05, 3.63) is 41.2 Å². The molecule has 1 unspecified atom stereocenters. The number of carbonyl (C=O) groups excluding carboxylic acids is 1. The minimum absolute atomic E-state index is 0.00237. The maximum Gasteiger partial charge on any atom is 0.416 e. The lowest BCUT2D eigenvalue weighted by Gasteiger charge is -2.23. The summed E-state index contributed by atoms with van der Waals surface area (Å²) in [6, 6.07) is 5.03. The number of oxime groups is 1. The van der Waals surface area contributed by atoms with E-state index in [0.29, 0.717) is 37.3 Å². The van der Waals surface area contributed by atoms with Gasteiger partial charge < -0.3 is 9.94 Å². The lowest BCUT2D eigenvalue weighted by atomic mass is 9.84. The van der Waals surface area contributed by atoms with Crippen LogP contribution in [0.25, 0.3) is 0 Å². The van der Waals surface area contributed by atoms with Gasteiger partial charge >= 0.3 is 6.18 Å². The van der Waals surface area contributed by atoms with Crippen LogP contribution >= 0.6 is 11.8 Å². The van der Waals surface area contributed by atoms with Gasteiger partial charge in [-0.15, -0.1) is 11.8 Å². The van der Waals surface area contributed by atoms with Gasteiger partial charge in [-0.05, 0) is 55.7 Å². The summed E-state index contributed by atoms with van der Waals surface area (Å²) >= 11 is 1.44. The Bertz CT molecular complexity index is 742. The van der Waals surface area contributed by atoms with E-state index in [9.17, 15) is 23.1 Å². The molecule has 0 spiro atoms. The van der Waals surface area contributed by atoms with E-state index in [0.717, 1.165) is 23.4 Å².